The van der Waals surface area contributed by atoms with Gasteiger partial charge in [0.2, 0.25) is 0 Å². The molecule has 0 spiro atoms. The smallest absolute Gasteiger partial charge is 0.294 e. The maximum absolute atomic E-state index is 11.5. The van der Waals surface area contributed by atoms with Crippen LogP contribution < -0.4 is 10.6 Å². The minimum absolute atomic E-state index is 0.140. The fraction of sp³-hybridized carbons (Fsp3) is 0.100. The lowest BCUT2D eigenvalue weighted by atomic mass is 10.2. The molecule has 0 aromatic heterocycles. The van der Waals surface area contributed by atoms with Gasteiger partial charge in [-0.2, -0.15) is 8.42 Å². The van der Waals surface area contributed by atoms with Crippen molar-refractivity contribution >= 4 is 21.5 Å². The predicted molar refractivity (Wildman–Crippen MR) is 104 cm³/mol. The summed E-state index contributed by atoms with van der Waals surface area (Å²) >= 11 is 0. The Labute approximate surface area is 153 Å². The Morgan fingerprint density at radius 1 is 0.692 bits per heavy atom. The van der Waals surface area contributed by atoms with Crippen molar-refractivity contribution < 1.29 is 13.0 Å². The number of hydrogen-bond donors (Lipinski definition) is 3. The lowest BCUT2D eigenvalue weighted by molar-refractivity contribution is 0.483. The highest BCUT2D eigenvalue weighted by Crippen LogP contribution is 2.26. The van der Waals surface area contributed by atoms with E-state index in [0.29, 0.717) is 18.8 Å². The van der Waals surface area contributed by atoms with Crippen LogP contribution in [0.1, 0.15) is 11.1 Å². The van der Waals surface area contributed by atoms with Crippen molar-refractivity contribution in [3.63, 3.8) is 0 Å². The minimum atomic E-state index is -4.26. The van der Waals surface area contributed by atoms with Gasteiger partial charge in [0.15, 0.2) is 0 Å². The average molecular weight is 368 g/mol. The summed E-state index contributed by atoms with van der Waals surface area (Å²) in [6, 6.07) is 24.2. The van der Waals surface area contributed by atoms with E-state index in [9.17, 15) is 13.0 Å². The molecule has 3 N–H and O–H groups in total. The summed E-state index contributed by atoms with van der Waals surface area (Å²) in [5.41, 5.74) is 3.55. The molecule has 0 fully saturated rings. The Kier molecular flexibility index (Phi) is 5.55. The van der Waals surface area contributed by atoms with E-state index < -0.39 is 10.1 Å². The molecule has 0 unspecified atom stereocenters. The molecule has 0 radical (unpaired) electrons. The van der Waals surface area contributed by atoms with Crippen molar-refractivity contribution in [2.75, 3.05) is 10.6 Å². The monoisotopic (exact) mass is 368 g/mol. The van der Waals surface area contributed by atoms with Crippen LogP contribution in [0.2, 0.25) is 0 Å². The zero-order valence-corrected chi connectivity index (χ0v) is 14.9. The topological polar surface area (TPSA) is 78.4 Å². The normalized spacial score (nSPS) is 11.1. The van der Waals surface area contributed by atoms with E-state index in [-0.39, 0.29) is 4.90 Å². The van der Waals surface area contributed by atoms with Crippen LogP contribution in [0.4, 0.5) is 11.4 Å². The van der Waals surface area contributed by atoms with Gasteiger partial charge in [0.1, 0.15) is 0 Å². The van der Waals surface area contributed by atoms with Gasteiger partial charge in [-0.05, 0) is 29.3 Å². The fourth-order valence-electron chi connectivity index (χ4n) is 2.57. The lowest BCUT2D eigenvalue weighted by Gasteiger charge is -2.15. The highest BCUT2D eigenvalue weighted by atomic mass is 32.2. The third kappa shape index (κ3) is 4.84. The second kappa shape index (κ2) is 8.03. The summed E-state index contributed by atoms with van der Waals surface area (Å²) in [5.74, 6) is 0. The van der Waals surface area contributed by atoms with E-state index >= 15 is 0 Å². The average Bonchev–Trinajstić information content (AvgIpc) is 2.66. The number of nitrogens with one attached hydrogen (secondary N) is 2. The molecule has 3 aromatic rings. The summed E-state index contributed by atoms with van der Waals surface area (Å²) < 4.78 is 32.2. The van der Waals surface area contributed by atoms with Gasteiger partial charge < -0.3 is 10.6 Å². The molecule has 0 amide bonds. The van der Waals surface area contributed by atoms with Crippen LogP contribution in [-0.4, -0.2) is 13.0 Å². The van der Waals surface area contributed by atoms with Crippen molar-refractivity contribution in [2.45, 2.75) is 18.0 Å². The number of rotatable bonds is 7. The van der Waals surface area contributed by atoms with Crippen LogP contribution in [0.5, 0.6) is 0 Å². The van der Waals surface area contributed by atoms with E-state index in [0.717, 1.165) is 16.8 Å². The third-order valence-corrected chi connectivity index (χ3v) is 4.79. The van der Waals surface area contributed by atoms with Gasteiger partial charge in [-0.1, -0.05) is 60.7 Å². The maximum atomic E-state index is 11.5. The molecule has 134 valence electrons. The maximum Gasteiger partial charge on any atom is 0.294 e. The molecule has 0 aliphatic carbocycles. The summed E-state index contributed by atoms with van der Waals surface area (Å²) in [4.78, 5) is -0.140. The second-order valence-electron chi connectivity index (χ2n) is 5.86. The zero-order chi connectivity index (χ0) is 18.4. The molecular formula is C20H20N2O3S. The van der Waals surface area contributed by atoms with Crippen LogP contribution in [0.3, 0.4) is 0 Å². The molecule has 3 aromatic carbocycles. The Balaban J connectivity index is 1.82. The molecular weight excluding hydrogens is 348 g/mol. The lowest BCUT2D eigenvalue weighted by Crippen LogP contribution is -2.07. The van der Waals surface area contributed by atoms with Crippen molar-refractivity contribution in [2.24, 2.45) is 0 Å². The first kappa shape index (κ1) is 18.0. The summed E-state index contributed by atoms with van der Waals surface area (Å²) in [7, 11) is -4.26. The minimum Gasteiger partial charge on any atom is -0.379 e. The fourth-order valence-corrected chi connectivity index (χ4v) is 3.08. The molecule has 0 aliphatic rings. The first-order chi connectivity index (χ1) is 12.5. The molecule has 5 nitrogen and oxygen atoms in total. The van der Waals surface area contributed by atoms with Gasteiger partial charge in [0.25, 0.3) is 10.1 Å². The van der Waals surface area contributed by atoms with Crippen molar-refractivity contribution in [1.82, 2.24) is 0 Å². The van der Waals surface area contributed by atoms with Crippen molar-refractivity contribution in [3.8, 4) is 0 Å². The molecule has 0 saturated carbocycles. The van der Waals surface area contributed by atoms with Crippen LogP contribution >= 0.6 is 0 Å². The molecule has 3 rings (SSSR count). The number of anilines is 2. The quantitative estimate of drug-likeness (QED) is 0.546. The van der Waals surface area contributed by atoms with E-state index in [1.165, 1.54) is 12.1 Å². The molecule has 0 atom stereocenters. The molecule has 6 heteroatoms. The number of benzene rings is 3. The Bertz CT molecular complexity index is 959. The van der Waals surface area contributed by atoms with Crippen molar-refractivity contribution in [3.05, 3.63) is 90.0 Å². The largest absolute Gasteiger partial charge is 0.379 e. The van der Waals surface area contributed by atoms with E-state index in [1.807, 2.05) is 60.7 Å². The van der Waals surface area contributed by atoms with Crippen LogP contribution in [-0.2, 0) is 23.2 Å². The highest BCUT2D eigenvalue weighted by molar-refractivity contribution is 7.85. The summed E-state index contributed by atoms with van der Waals surface area (Å²) in [6.07, 6.45) is 0. The number of hydrogen-bond acceptors (Lipinski definition) is 4. The standard InChI is InChI=1S/C20H20N2O3S/c23-26(24,25)18-11-12-19(21-14-16-7-3-1-4-8-16)20(13-18)22-15-17-9-5-2-6-10-17/h1-13,21-22H,14-15H2,(H,23,24,25). The van der Waals surface area contributed by atoms with Gasteiger partial charge in [-0.25, -0.2) is 0 Å². The van der Waals surface area contributed by atoms with Gasteiger partial charge in [-0.3, -0.25) is 4.55 Å². The SMILES string of the molecule is O=S(=O)(O)c1ccc(NCc2ccccc2)c(NCc2ccccc2)c1. The molecule has 0 bridgehead atoms. The second-order valence-corrected chi connectivity index (χ2v) is 7.28. The van der Waals surface area contributed by atoms with Gasteiger partial charge >= 0.3 is 0 Å². The first-order valence-electron chi connectivity index (χ1n) is 8.19. The van der Waals surface area contributed by atoms with E-state index in [2.05, 4.69) is 10.6 Å². The van der Waals surface area contributed by atoms with Crippen LogP contribution in [0.25, 0.3) is 0 Å². The summed E-state index contributed by atoms with van der Waals surface area (Å²) in [5, 5.41) is 6.55. The predicted octanol–water partition coefficient (Wildman–Crippen LogP) is 4.16. The Morgan fingerprint density at radius 3 is 1.69 bits per heavy atom. The first-order valence-corrected chi connectivity index (χ1v) is 9.63. The third-order valence-electron chi connectivity index (χ3n) is 3.94. The highest BCUT2D eigenvalue weighted by Gasteiger charge is 2.13. The summed E-state index contributed by atoms with van der Waals surface area (Å²) in [6.45, 7) is 1.14. The van der Waals surface area contributed by atoms with Gasteiger partial charge in [0.05, 0.1) is 16.3 Å². The zero-order valence-electron chi connectivity index (χ0n) is 14.1. The van der Waals surface area contributed by atoms with Crippen LogP contribution in [0, 0.1) is 0 Å². The van der Waals surface area contributed by atoms with Crippen molar-refractivity contribution in [1.29, 1.82) is 0 Å². The Hall–Kier alpha value is -2.83. The van der Waals surface area contributed by atoms with Crippen LogP contribution in [0.15, 0.2) is 83.8 Å². The molecule has 26 heavy (non-hydrogen) atoms. The molecule has 0 aliphatic heterocycles. The van der Waals surface area contributed by atoms with Gasteiger partial charge in [0, 0.05) is 13.1 Å². The van der Waals surface area contributed by atoms with E-state index in [4.69, 9.17) is 0 Å². The molecule has 0 heterocycles. The molecule has 0 saturated heterocycles. The van der Waals surface area contributed by atoms with Gasteiger partial charge in [-0.15, -0.1) is 0 Å². The van der Waals surface area contributed by atoms with E-state index in [1.54, 1.807) is 6.07 Å². The Morgan fingerprint density at radius 2 is 1.19 bits per heavy atom.